The van der Waals surface area contributed by atoms with E-state index in [0.29, 0.717) is 18.0 Å². The fourth-order valence-corrected chi connectivity index (χ4v) is 3.06. The van der Waals surface area contributed by atoms with Crippen LogP contribution in [0.15, 0.2) is 60.0 Å². The number of hydrogen-bond donors (Lipinski definition) is 2. The van der Waals surface area contributed by atoms with Crippen LogP contribution in [0.25, 0.3) is 10.8 Å². The van der Waals surface area contributed by atoms with Gasteiger partial charge in [0.1, 0.15) is 0 Å². The standard InChI is InChI=1S/C19H18N2O2S/c22-18(9-10-20-19(23)17-6-3-11-24-17)21-13-14-7-8-15-4-1-2-5-16(15)12-14/h1-8,11-12H,9-10,13H2,(H,20,23)(H,21,22). The topological polar surface area (TPSA) is 58.2 Å². The van der Waals surface area contributed by atoms with Crippen molar-refractivity contribution in [3.63, 3.8) is 0 Å². The zero-order valence-electron chi connectivity index (χ0n) is 13.1. The summed E-state index contributed by atoms with van der Waals surface area (Å²) in [5.74, 6) is -0.207. The molecular weight excluding hydrogens is 320 g/mol. The molecule has 0 aliphatic heterocycles. The van der Waals surface area contributed by atoms with Crippen LogP contribution in [0.5, 0.6) is 0 Å². The van der Waals surface area contributed by atoms with Gasteiger partial charge in [0.25, 0.3) is 5.91 Å². The summed E-state index contributed by atoms with van der Waals surface area (Å²) >= 11 is 1.39. The molecule has 0 radical (unpaired) electrons. The largest absolute Gasteiger partial charge is 0.352 e. The fourth-order valence-electron chi connectivity index (χ4n) is 2.42. The first kappa shape index (κ1) is 16.2. The SMILES string of the molecule is O=C(CCNC(=O)c1cccs1)NCc1ccc2ccccc2c1. The third kappa shape index (κ3) is 4.20. The maximum atomic E-state index is 11.9. The van der Waals surface area contributed by atoms with Crippen LogP contribution >= 0.6 is 11.3 Å². The van der Waals surface area contributed by atoms with Crippen LogP contribution in [-0.4, -0.2) is 18.4 Å². The highest BCUT2D eigenvalue weighted by molar-refractivity contribution is 7.12. The van der Waals surface area contributed by atoms with E-state index in [1.54, 1.807) is 6.07 Å². The van der Waals surface area contributed by atoms with Gasteiger partial charge in [-0.15, -0.1) is 11.3 Å². The van der Waals surface area contributed by atoms with Crippen LogP contribution in [0.2, 0.25) is 0 Å². The van der Waals surface area contributed by atoms with Crippen molar-refractivity contribution in [2.75, 3.05) is 6.54 Å². The summed E-state index contributed by atoms with van der Waals surface area (Å²) in [6.45, 7) is 0.822. The van der Waals surface area contributed by atoms with E-state index >= 15 is 0 Å². The summed E-state index contributed by atoms with van der Waals surface area (Å²) in [5, 5.41) is 9.83. The van der Waals surface area contributed by atoms with E-state index in [0.717, 1.165) is 10.9 Å². The minimum atomic E-state index is -0.132. The maximum Gasteiger partial charge on any atom is 0.261 e. The summed E-state index contributed by atoms with van der Waals surface area (Å²) in [6.07, 6.45) is 0.269. The Kier molecular flexibility index (Phi) is 5.23. The summed E-state index contributed by atoms with van der Waals surface area (Å²) in [6, 6.07) is 17.9. The van der Waals surface area contributed by atoms with Gasteiger partial charge in [-0.05, 0) is 33.8 Å². The molecule has 1 aromatic heterocycles. The van der Waals surface area contributed by atoms with Crippen molar-refractivity contribution >= 4 is 33.9 Å². The van der Waals surface area contributed by atoms with E-state index in [-0.39, 0.29) is 18.2 Å². The lowest BCUT2D eigenvalue weighted by Gasteiger charge is -2.07. The van der Waals surface area contributed by atoms with E-state index < -0.39 is 0 Å². The third-order valence-electron chi connectivity index (χ3n) is 3.69. The van der Waals surface area contributed by atoms with Gasteiger partial charge in [-0.1, -0.05) is 42.5 Å². The molecule has 4 nitrogen and oxygen atoms in total. The van der Waals surface area contributed by atoms with Gasteiger partial charge in [0.2, 0.25) is 5.91 Å². The minimum absolute atomic E-state index is 0.0744. The maximum absolute atomic E-state index is 11.9. The molecule has 0 fully saturated rings. The Hall–Kier alpha value is -2.66. The zero-order valence-corrected chi connectivity index (χ0v) is 13.9. The van der Waals surface area contributed by atoms with Crippen molar-refractivity contribution in [1.82, 2.24) is 10.6 Å². The molecule has 0 aliphatic rings. The van der Waals surface area contributed by atoms with Gasteiger partial charge in [0.05, 0.1) is 4.88 Å². The van der Waals surface area contributed by atoms with Gasteiger partial charge >= 0.3 is 0 Å². The molecule has 2 amide bonds. The number of fused-ring (bicyclic) bond motifs is 1. The molecule has 0 spiro atoms. The van der Waals surface area contributed by atoms with Gasteiger partial charge in [-0.25, -0.2) is 0 Å². The van der Waals surface area contributed by atoms with E-state index in [1.807, 2.05) is 29.6 Å². The van der Waals surface area contributed by atoms with Crippen LogP contribution < -0.4 is 10.6 Å². The average molecular weight is 338 g/mol. The molecule has 0 saturated carbocycles. The molecule has 1 heterocycles. The minimum Gasteiger partial charge on any atom is -0.352 e. The predicted molar refractivity (Wildman–Crippen MR) is 97.1 cm³/mol. The van der Waals surface area contributed by atoms with Crippen molar-refractivity contribution in [1.29, 1.82) is 0 Å². The second-order valence-corrected chi connectivity index (χ2v) is 6.39. The Labute approximate surface area is 144 Å². The predicted octanol–water partition coefficient (Wildman–Crippen LogP) is 3.34. The van der Waals surface area contributed by atoms with E-state index in [2.05, 4.69) is 34.9 Å². The van der Waals surface area contributed by atoms with E-state index in [1.165, 1.54) is 16.7 Å². The molecular formula is C19H18N2O2S. The van der Waals surface area contributed by atoms with Crippen molar-refractivity contribution < 1.29 is 9.59 Å². The zero-order chi connectivity index (χ0) is 16.8. The number of amides is 2. The molecule has 3 aromatic rings. The number of carbonyl (C=O) groups excluding carboxylic acids is 2. The van der Waals surface area contributed by atoms with Crippen molar-refractivity contribution in [2.24, 2.45) is 0 Å². The monoisotopic (exact) mass is 338 g/mol. The molecule has 2 N–H and O–H groups in total. The summed E-state index contributed by atoms with van der Waals surface area (Å²) < 4.78 is 0. The molecule has 0 atom stereocenters. The summed E-state index contributed by atoms with van der Waals surface area (Å²) in [4.78, 5) is 24.3. The molecule has 2 aromatic carbocycles. The number of carbonyl (C=O) groups is 2. The highest BCUT2D eigenvalue weighted by Gasteiger charge is 2.07. The summed E-state index contributed by atoms with van der Waals surface area (Å²) in [7, 11) is 0. The van der Waals surface area contributed by atoms with Crippen molar-refractivity contribution in [3.05, 3.63) is 70.4 Å². The average Bonchev–Trinajstić information content (AvgIpc) is 3.14. The van der Waals surface area contributed by atoms with Crippen LogP contribution in [0.1, 0.15) is 21.7 Å². The van der Waals surface area contributed by atoms with Gasteiger partial charge in [0, 0.05) is 19.5 Å². The normalized spacial score (nSPS) is 10.5. The van der Waals surface area contributed by atoms with Gasteiger partial charge in [0.15, 0.2) is 0 Å². The lowest BCUT2D eigenvalue weighted by atomic mass is 10.1. The second kappa shape index (κ2) is 7.75. The fraction of sp³-hybridized carbons (Fsp3) is 0.158. The van der Waals surface area contributed by atoms with Crippen LogP contribution in [0, 0.1) is 0 Å². The first-order chi connectivity index (χ1) is 11.7. The Balaban J connectivity index is 1.44. The number of rotatable bonds is 6. The Morgan fingerprint density at radius 3 is 2.54 bits per heavy atom. The van der Waals surface area contributed by atoms with Gasteiger partial charge in [-0.3, -0.25) is 9.59 Å². The molecule has 5 heteroatoms. The molecule has 3 rings (SSSR count). The molecule has 0 unspecified atom stereocenters. The molecule has 122 valence electrons. The summed E-state index contributed by atoms with van der Waals surface area (Å²) in [5.41, 5.74) is 1.06. The van der Waals surface area contributed by atoms with Crippen molar-refractivity contribution in [2.45, 2.75) is 13.0 Å². The van der Waals surface area contributed by atoms with E-state index in [9.17, 15) is 9.59 Å². The van der Waals surface area contributed by atoms with Crippen LogP contribution in [0.3, 0.4) is 0 Å². The van der Waals surface area contributed by atoms with Crippen molar-refractivity contribution in [3.8, 4) is 0 Å². The molecule has 0 bridgehead atoms. The number of hydrogen-bond acceptors (Lipinski definition) is 3. The molecule has 0 aliphatic carbocycles. The van der Waals surface area contributed by atoms with E-state index in [4.69, 9.17) is 0 Å². The Bertz CT molecular complexity index is 843. The highest BCUT2D eigenvalue weighted by Crippen LogP contribution is 2.15. The Morgan fingerprint density at radius 1 is 0.917 bits per heavy atom. The first-order valence-corrected chi connectivity index (χ1v) is 8.66. The van der Waals surface area contributed by atoms with Gasteiger partial charge < -0.3 is 10.6 Å². The molecule has 24 heavy (non-hydrogen) atoms. The quantitative estimate of drug-likeness (QED) is 0.724. The Morgan fingerprint density at radius 2 is 1.75 bits per heavy atom. The lowest BCUT2D eigenvalue weighted by Crippen LogP contribution is -2.30. The van der Waals surface area contributed by atoms with Crippen LogP contribution in [-0.2, 0) is 11.3 Å². The molecule has 0 saturated heterocycles. The third-order valence-corrected chi connectivity index (χ3v) is 4.55. The second-order valence-electron chi connectivity index (χ2n) is 5.44. The highest BCUT2D eigenvalue weighted by atomic mass is 32.1. The number of thiophene rings is 1. The number of nitrogens with one attached hydrogen (secondary N) is 2. The lowest BCUT2D eigenvalue weighted by molar-refractivity contribution is -0.121. The number of benzene rings is 2. The van der Waals surface area contributed by atoms with Gasteiger partial charge in [-0.2, -0.15) is 0 Å². The van der Waals surface area contributed by atoms with Crippen LogP contribution in [0.4, 0.5) is 0 Å². The smallest absolute Gasteiger partial charge is 0.261 e. The first-order valence-electron chi connectivity index (χ1n) is 7.78.